The normalized spacial score (nSPS) is 16.7. The lowest BCUT2D eigenvalue weighted by Gasteiger charge is -2.34. The molecule has 0 bridgehead atoms. The smallest absolute Gasteiger partial charge is 0.353 e. The van der Waals surface area contributed by atoms with Gasteiger partial charge in [-0.3, -0.25) is 29.3 Å². The van der Waals surface area contributed by atoms with Crippen LogP contribution in [0.2, 0.25) is 0 Å². The third-order valence-corrected chi connectivity index (χ3v) is 6.21. The molecule has 1 saturated heterocycles. The molecule has 1 aromatic heterocycles. The number of hydrogen-bond acceptors (Lipinski definition) is 12. The van der Waals surface area contributed by atoms with Crippen LogP contribution < -0.4 is 21.7 Å². The van der Waals surface area contributed by atoms with E-state index < -0.39 is 57.9 Å². The number of nitrogens with zero attached hydrogens (tertiary/aromatic N) is 3. The molecule has 0 unspecified atom stereocenters. The number of nitrogens with two attached hydrogens (primary N) is 1. The Morgan fingerprint density at radius 1 is 1.27 bits per heavy atom. The maximum atomic E-state index is 13.1. The summed E-state index contributed by atoms with van der Waals surface area (Å²) in [6, 6.07) is 2.89. The number of halogens is 1. The van der Waals surface area contributed by atoms with Crippen molar-refractivity contribution < 1.29 is 38.5 Å². The molecule has 4 amide bonds. The first kappa shape index (κ1) is 29.9. The standard InChI is InChI=1S/C22H22ClN7O9S/c1-22(2,20(35)38-8-10-3-5-11(6-4-10)30(36)37)39-29-14(12-9-40-21(25-12)26-13(31)7-23)18(33)28-16-15(17(24)32)27-19(16)34/h3-6,9,15-16H,7-8H2,1-2H3,(H2,24,32)(H,27,34)(H,28,33)(H,25,26,31)/t15-,16-/m0/s1. The van der Waals surface area contributed by atoms with E-state index in [0.717, 1.165) is 11.3 Å². The van der Waals surface area contributed by atoms with Crippen molar-refractivity contribution in [3.8, 4) is 0 Å². The SMILES string of the molecule is CC(C)(ON=C(C(=O)N[C@@H]1C(=O)N[C@@H]1C(N)=O)c1csc(NC(=O)CCl)n1)C(=O)OCc1ccc([N+](=O)[O-])cc1. The number of rotatable bonds is 12. The number of ether oxygens (including phenoxy) is 1. The van der Waals surface area contributed by atoms with Crippen LogP contribution in [0.3, 0.4) is 0 Å². The van der Waals surface area contributed by atoms with Gasteiger partial charge >= 0.3 is 5.97 Å². The molecule has 2 atom stereocenters. The number of thiazole rings is 1. The van der Waals surface area contributed by atoms with Crippen LogP contribution in [0.5, 0.6) is 0 Å². The molecule has 40 heavy (non-hydrogen) atoms. The molecule has 0 radical (unpaired) electrons. The molecule has 2 aromatic rings. The second-order valence-corrected chi connectivity index (χ2v) is 9.73. The molecule has 0 aliphatic carbocycles. The first-order valence-corrected chi connectivity index (χ1v) is 12.6. The van der Waals surface area contributed by atoms with Crippen LogP contribution in [0.15, 0.2) is 34.8 Å². The fraction of sp³-hybridized carbons (Fsp3) is 0.318. The van der Waals surface area contributed by atoms with Crippen LogP contribution in [-0.4, -0.2) is 68.8 Å². The van der Waals surface area contributed by atoms with E-state index in [1.54, 1.807) is 0 Å². The number of alkyl halides is 1. The molecule has 2 heterocycles. The second kappa shape index (κ2) is 12.5. The highest BCUT2D eigenvalue weighted by Crippen LogP contribution is 2.20. The van der Waals surface area contributed by atoms with Gasteiger partial charge in [-0.2, -0.15) is 0 Å². The van der Waals surface area contributed by atoms with E-state index in [1.807, 2.05) is 0 Å². The molecule has 0 saturated carbocycles. The number of amides is 4. The molecular formula is C22H22ClN7O9S. The average molecular weight is 596 g/mol. The number of non-ortho nitro benzene ring substituents is 1. The summed E-state index contributed by atoms with van der Waals surface area (Å²) in [6.07, 6.45) is 0. The predicted octanol–water partition coefficient (Wildman–Crippen LogP) is -0.0602. The molecule has 5 N–H and O–H groups in total. The molecule has 16 nitrogen and oxygen atoms in total. The third kappa shape index (κ3) is 7.26. The first-order chi connectivity index (χ1) is 18.8. The van der Waals surface area contributed by atoms with Gasteiger partial charge in [-0.25, -0.2) is 9.78 Å². The Morgan fingerprint density at radius 2 is 1.95 bits per heavy atom. The highest BCUT2D eigenvalue weighted by Gasteiger charge is 2.45. The monoisotopic (exact) mass is 595 g/mol. The lowest BCUT2D eigenvalue weighted by atomic mass is 9.98. The van der Waals surface area contributed by atoms with Gasteiger partial charge in [0.05, 0.1) is 4.92 Å². The minimum absolute atomic E-state index is 0.0688. The van der Waals surface area contributed by atoms with Crippen molar-refractivity contribution in [3.05, 3.63) is 51.0 Å². The topological polar surface area (TPSA) is 234 Å². The number of aromatic nitrogens is 1. The number of benzene rings is 1. The van der Waals surface area contributed by atoms with Gasteiger partial charge in [-0.05, 0) is 31.5 Å². The van der Waals surface area contributed by atoms with E-state index in [1.165, 1.54) is 43.5 Å². The zero-order valence-corrected chi connectivity index (χ0v) is 22.4. The van der Waals surface area contributed by atoms with E-state index >= 15 is 0 Å². The molecule has 212 valence electrons. The first-order valence-electron chi connectivity index (χ1n) is 11.2. The number of esters is 1. The van der Waals surface area contributed by atoms with Gasteiger partial charge in [0.1, 0.15) is 30.3 Å². The van der Waals surface area contributed by atoms with Crippen LogP contribution >= 0.6 is 22.9 Å². The zero-order chi connectivity index (χ0) is 29.6. The summed E-state index contributed by atoms with van der Waals surface area (Å²) in [5.41, 5.74) is 3.20. The molecule has 1 aromatic carbocycles. The summed E-state index contributed by atoms with van der Waals surface area (Å²) < 4.78 is 5.22. The molecule has 0 spiro atoms. The Morgan fingerprint density at radius 3 is 2.52 bits per heavy atom. The Balaban J connectivity index is 1.77. The van der Waals surface area contributed by atoms with E-state index in [0.29, 0.717) is 5.56 Å². The summed E-state index contributed by atoms with van der Waals surface area (Å²) in [6.45, 7) is 2.38. The van der Waals surface area contributed by atoms with Crippen molar-refractivity contribution in [2.24, 2.45) is 10.9 Å². The fourth-order valence-corrected chi connectivity index (χ4v) is 3.78. The van der Waals surface area contributed by atoms with Gasteiger partial charge in [-0.15, -0.1) is 22.9 Å². The molecule has 1 aliphatic rings. The molecular weight excluding hydrogens is 574 g/mol. The van der Waals surface area contributed by atoms with Crippen molar-refractivity contribution in [2.45, 2.75) is 38.1 Å². The average Bonchev–Trinajstić information content (AvgIpc) is 3.36. The number of primary amides is 1. The molecule has 18 heteroatoms. The van der Waals surface area contributed by atoms with Crippen LogP contribution in [0.4, 0.5) is 10.8 Å². The minimum Gasteiger partial charge on any atom is -0.458 e. The van der Waals surface area contributed by atoms with Crippen LogP contribution in [0, 0.1) is 10.1 Å². The van der Waals surface area contributed by atoms with Crippen molar-refractivity contribution in [1.29, 1.82) is 0 Å². The molecule has 3 rings (SSSR count). The highest BCUT2D eigenvalue weighted by atomic mass is 35.5. The summed E-state index contributed by atoms with van der Waals surface area (Å²) in [5.74, 6) is -4.34. The fourth-order valence-electron chi connectivity index (χ4n) is 3.01. The largest absolute Gasteiger partial charge is 0.458 e. The predicted molar refractivity (Wildman–Crippen MR) is 139 cm³/mol. The number of nitrogens with one attached hydrogen (secondary N) is 3. The second-order valence-electron chi connectivity index (χ2n) is 8.60. The van der Waals surface area contributed by atoms with Crippen LogP contribution in [-0.2, 0) is 40.2 Å². The number of nitro groups is 1. The molecule has 1 aliphatic heterocycles. The summed E-state index contributed by atoms with van der Waals surface area (Å²) in [4.78, 5) is 80.3. The van der Waals surface area contributed by atoms with Gasteiger partial charge in [0, 0.05) is 17.5 Å². The Hall–Kier alpha value is -4.64. The van der Waals surface area contributed by atoms with E-state index in [2.05, 4.69) is 26.1 Å². The number of nitro benzene ring substituents is 1. The van der Waals surface area contributed by atoms with Gasteiger partial charge in [0.25, 0.3) is 11.6 Å². The van der Waals surface area contributed by atoms with Crippen molar-refractivity contribution in [1.82, 2.24) is 15.6 Å². The highest BCUT2D eigenvalue weighted by molar-refractivity contribution is 7.14. The van der Waals surface area contributed by atoms with Gasteiger partial charge in [0.2, 0.25) is 23.3 Å². The number of anilines is 1. The number of oxime groups is 1. The summed E-state index contributed by atoms with van der Waals surface area (Å²) in [7, 11) is 0. The van der Waals surface area contributed by atoms with Gasteiger partial charge < -0.3 is 31.3 Å². The van der Waals surface area contributed by atoms with Crippen LogP contribution in [0.25, 0.3) is 0 Å². The Kier molecular flexibility index (Phi) is 9.33. The van der Waals surface area contributed by atoms with E-state index in [4.69, 9.17) is 26.9 Å². The van der Waals surface area contributed by atoms with E-state index in [9.17, 15) is 34.1 Å². The van der Waals surface area contributed by atoms with E-state index in [-0.39, 0.29) is 29.0 Å². The Labute approximate surface area is 234 Å². The number of β-lactam (4-membered cyclic amide) rings is 1. The summed E-state index contributed by atoms with van der Waals surface area (Å²) in [5, 5.41) is 22.9. The number of carbonyl (C=O) groups excluding carboxylic acids is 5. The maximum absolute atomic E-state index is 13.1. The third-order valence-electron chi connectivity index (χ3n) is 5.21. The zero-order valence-electron chi connectivity index (χ0n) is 20.8. The number of carbonyl (C=O) groups is 5. The van der Waals surface area contributed by atoms with Crippen molar-refractivity contribution >= 4 is 69.1 Å². The lowest BCUT2D eigenvalue weighted by molar-refractivity contribution is -0.384. The Bertz CT molecular complexity index is 1380. The van der Waals surface area contributed by atoms with Gasteiger partial charge in [0.15, 0.2) is 10.8 Å². The quantitative estimate of drug-likeness (QED) is 0.0636. The maximum Gasteiger partial charge on any atom is 0.353 e. The van der Waals surface area contributed by atoms with Crippen molar-refractivity contribution in [2.75, 3.05) is 11.2 Å². The summed E-state index contributed by atoms with van der Waals surface area (Å²) >= 11 is 6.41. The lowest BCUT2D eigenvalue weighted by Crippen LogP contribution is -2.73. The number of hydrogen-bond donors (Lipinski definition) is 4. The molecule has 1 fully saturated rings. The van der Waals surface area contributed by atoms with Crippen LogP contribution in [0.1, 0.15) is 25.1 Å². The van der Waals surface area contributed by atoms with Gasteiger partial charge in [-0.1, -0.05) is 5.16 Å². The minimum atomic E-state index is -1.75. The van der Waals surface area contributed by atoms with Crippen molar-refractivity contribution in [3.63, 3.8) is 0 Å².